The number of amides is 1. The SMILES string of the molecule is CCCCC/C=C\C/C=C\C/C=C\C/C=C\CCCCCC(=O)NC(COP(=O)([O-])OCC[N+](C)(C)C)C(/C=C\CCCCCCCCCCC)OC(=O)CCCCCCCC/C=C/C=C/CCCCC. The van der Waals surface area contributed by atoms with Gasteiger partial charge in [-0.2, -0.15) is 0 Å². The third kappa shape index (κ3) is 51.9. The minimum Gasteiger partial charge on any atom is -0.756 e. The van der Waals surface area contributed by atoms with Crippen LogP contribution in [0.15, 0.2) is 85.1 Å². The monoisotopic (exact) mass is 1010 g/mol. The molecule has 71 heavy (non-hydrogen) atoms. The van der Waals surface area contributed by atoms with Crippen LogP contribution < -0.4 is 10.2 Å². The van der Waals surface area contributed by atoms with Gasteiger partial charge in [0, 0.05) is 12.8 Å². The van der Waals surface area contributed by atoms with Gasteiger partial charge in [-0.25, -0.2) is 0 Å². The van der Waals surface area contributed by atoms with Crippen molar-refractivity contribution in [2.24, 2.45) is 0 Å². The van der Waals surface area contributed by atoms with Crippen molar-refractivity contribution in [3.05, 3.63) is 85.1 Å². The van der Waals surface area contributed by atoms with Crippen molar-refractivity contribution in [2.45, 2.75) is 251 Å². The van der Waals surface area contributed by atoms with Crippen molar-refractivity contribution in [3.63, 3.8) is 0 Å². The number of carbonyl (C=O) groups is 2. The fourth-order valence-corrected chi connectivity index (χ4v) is 8.51. The second-order valence-corrected chi connectivity index (χ2v) is 21.9. The summed E-state index contributed by atoms with van der Waals surface area (Å²) in [6.07, 6.45) is 65.4. The second-order valence-electron chi connectivity index (χ2n) is 20.5. The Kier molecular flexibility index (Phi) is 48.7. The molecule has 1 N–H and O–H groups in total. The molecule has 0 aliphatic heterocycles. The van der Waals surface area contributed by atoms with Crippen LogP contribution in [0.5, 0.6) is 0 Å². The van der Waals surface area contributed by atoms with Crippen molar-refractivity contribution in [1.29, 1.82) is 0 Å². The molecule has 0 aromatic rings. The molecule has 1 amide bonds. The zero-order valence-corrected chi connectivity index (χ0v) is 47.5. The van der Waals surface area contributed by atoms with Crippen LogP contribution in [0.3, 0.4) is 0 Å². The highest BCUT2D eigenvalue weighted by molar-refractivity contribution is 7.45. The summed E-state index contributed by atoms with van der Waals surface area (Å²) in [5.41, 5.74) is 0. The third-order valence-electron chi connectivity index (χ3n) is 12.3. The fourth-order valence-electron chi connectivity index (χ4n) is 7.79. The fraction of sp³-hybridized carbons (Fsp3) is 0.738. The van der Waals surface area contributed by atoms with Crippen LogP contribution in [0.1, 0.15) is 239 Å². The number of esters is 1. The van der Waals surface area contributed by atoms with E-state index >= 15 is 0 Å². The van der Waals surface area contributed by atoms with Gasteiger partial charge in [-0.15, -0.1) is 0 Å². The molecule has 410 valence electrons. The van der Waals surface area contributed by atoms with Crippen LogP contribution in [-0.4, -0.2) is 69.4 Å². The summed E-state index contributed by atoms with van der Waals surface area (Å²) >= 11 is 0. The standard InChI is InChI=1S/C61H109N2O7P/c1-7-10-13-16-19-22-25-27-29-30-31-32-34-35-38-41-44-47-50-53-60(64)62-58(57-69-71(66,67)68-56-55-63(4,5)6)59(52-49-46-43-40-37-24-21-18-15-12-9-3)70-61(65)54-51-48-45-42-39-36-33-28-26-23-20-17-14-11-8-2/h19-20,22-23,26-29,31-32,35,38,49,52,58-59H,7-18,21,24-25,30,33-34,36-37,39-48,50-51,53-57H2,1-6H3,(H-,62,64,66,67)/b22-19-,23-20+,28-26+,29-27-,32-31-,38-35-,52-49-. The molecule has 10 heteroatoms. The minimum atomic E-state index is -4.71. The average molecular weight is 1010 g/mol. The lowest BCUT2D eigenvalue weighted by Crippen LogP contribution is -2.47. The predicted octanol–water partition coefficient (Wildman–Crippen LogP) is 16.8. The number of likely N-dealkylation sites (N-methyl/N-ethyl adjacent to an activating group) is 1. The van der Waals surface area contributed by atoms with Crippen LogP contribution in [0, 0.1) is 0 Å². The highest BCUT2D eigenvalue weighted by Gasteiger charge is 2.27. The first-order chi connectivity index (χ1) is 34.4. The normalized spacial score (nSPS) is 14.4. The van der Waals surface area contributed by atoms with Crippen molar-refractivity contribution >= 4 is 19.7 Å². The summed E-state index contributed by atoms with van der Waals surface area (Å²) in [7, 11) is 1.15. The first-order valence-electron chi connectivity index (χ1n) is 28.9. The number of ether oxygens (including phenoxy) is 1. The molecule has 0 heterocycles. The van der Waals surface area contributed by atoms with Gasteiger partial charge in [0.15, 0.2) is 0 Å². The Bertz CT molecular complexity index is 1490. The Morgan fingerprint density at radius 2 is 0.901 bits per heavy atom. The number of phosphoric ester groups is 1. The molecule has 0 aromatic heterocycles. The topological polar surface area (TPSA) is 114 Å². The summed E-state index contributed by atoms with van der Waals surface area (Å²) < 4.78 is 30.2. The summed E-state index contributed by atoms with van der Waals surface area (Å²) in [5, 5.41) is 3.00. The summed E-state index contributed by atoms with van der Waals surface area (Å²) in [4.78, 5) is 39.8. The van der Waals surface area contributed by atoms with E-state index in [4.69, 9.17) is 13.8 Å². The Balaban J connectivity index is 5.39. The number of rotatable bonds is 51. The molecule has 0 bridgehead atoms. The van der Waals surface area contributed by atoms with Crippen molar-refractivity contribution in [3.8, 4) is 0 Å². The lowest BCUT2D eigenvalue weighted by Gasteiger charge is -2.30. The third-order valence-corrected chi connectivity index (χ3v) is 13.3. The quantitative estimate of drug-likeness (QED) is 0.0161. The number of phosphoric acid groups is 1. The van der Waals surface area contributed by atoms with Gasteiger partial charge in [0.2, 0.25) is 5.91 Å². The van der Waals surface area contributed by atoms with Crippen molar-refractivity contribution in [2.75, 3.05) is 40.9 Å². The van der Waals surface area contributed by atoms with Gasteiger partial charge in [0.05, 0.1) is 33.8 Å². The number of unbranched alkanes of at least 4 members (excludes halogenated alkanes) is 24. The van der Waals surface area contributed by atoms with E-state index in [0.29, 0.717) is 23.9 Å². The van der Waals surface area contributed by atoms with E-state index in [2.05, 4.69) is 99.0 Å². The maximum absolute atomic E-state index is 13.5. The van der Waals surface area contributed by atoms with Gasteiger partial charge in [0.25, 0.3) is 7.82 Å². The molecule has 0 radical (unpaired) electrons. The highest BCUT2D eigenvalue weighted by Crippen LogP contribution is 2.38. The van der Waals surface area contributed by atoms with Gasteiger partial charge >= 0.3 is 5.97 Å². The molecule has 0 saturated carbocycles. The largest absolute Gasteiger partial charge is 0.756 e. The predicted molar refractivity (Wildman–Crippen MR) is 302 cm³/mol. The highest BCUT2D eigenvalue weighted by atomic mass is 31.2. The average Bonchev–Trinajstić information content (AvgIpc) is 3.33. The van der Waals surface area contributed by atoms with Gasteiger partial charge in [0.1, 0.15) is 19.3 Å². The Morgan fingerprint density at radius 3 is 1.41 bits per heavy atom. The molecule has 3 unspecified atom stereocenters. The van der Waals surface area contributed by atoms with E-state index in [-0.39, 0.29) is 31.3 Å². The van der Waals surface area contributed by atoms with Crippen LogP contribution in [0.4, 0.5) is 0 Å². The Morgan fingerprint density at radius 1 is 0.507 bits per heavy atom. The van der Waals surface area contributed by atoms with E-state index in [9.17, 15) is 19.0 Å². The molecular weight excluding hydrogens is 904 g/mol. The van der Waals surface area contributed by atoms with Gasteiger partial charge in [-0.1, -0.05) is 209 Å². The molecule has 0 aliphatic carbocycles. The molecule has 0 fully saturated rings. The maximum Gasteiger partial charge on any atom is 0.306 e. The molecule has 0 aliphatic rings. The maximum atomic E-state index is 13.5. The van der Waals surface area contributed by atoms with Gasteiger partial charge in [-0.3, -0.25) is 14.2 Å². The van der Waals surface area contributed by atoms with Crippen molar-refractivity contribution < 1.29 is 37.3 Å². The summed E-state index contributed by atoms with van der Waals surface area (Å²) in [5.74, 6) is -0.595. The molecule has 0 saturated heterocycles. The molecule has 0 aromatic carbocycles. The number of quaternary nitrogens is 1. The minimum absolute atomic E-state index is 0.0344. The Labute approximate surface area is 437 Å². The van der Waals surface area contributed by atoms with Crippen molar-refractivity contribution in [1.82, 2.24) is 5.32 Å². The molecule has 3 atom stereocenters. The van der Waals surface area contributed by atoms with Crippen LogP contribution in [0.2, 0.25) is 0 Å². The van der Waals surface area contributed by atoms with E-state index in [1.807, 2.05) is 33.3 Å². The number of hydrogen-bond donors (Lipinski definition) is 1. The zero-order valence-electron chi connectivity index (χ0n) is 46.7. The van der Waals surface area contributed by atoms with E-state index in [0.717, 1.165) is 103 Å². The second kappa shape index (κ2) is 50.7. The van der Waals surface area contributed by atoms with Gasteiger partial charge in [-0.05, 0) is 102 Å². The number of nitrogens with one attached hydrogen (secondary N) is 1. The zero-order chi connectivity index (χ0) is 52.2. The number of carbonyl (C=O) groups excluding carboxylic acids is 2. The number of nitrogens with zero attached hydrogens (tertiary/aromatic N) is 1. The van der Waals surface area contributed by atoms with Crippen LogP contribution in [-0.2, 0) is 27.9 Å². The summed E-state index contributed by atoms with van der Waals surface area (Å²) in [6.45, 7) is 6.73. The lowest BCUT2D eigenvalue weighted by molar-refractivity contribution is -0.870. The lowest BCUT2D eigenvalue weighted by atomic mass is 10.1. The molecular formula is C61H109N2O7P. The van der Waals surface area contributed by atoms with E-state index < -0.39 is 26.6 Å². The van der Waals surface area contributed by atoms with Crippen LogP contribution >= 0.6 is 7.82 Å². The first-order valence-corrected chi connectivity index (χ1v) is 30.4. The Hall–Kier alpha value is -2.81. The van der Waals surface area contributed by atoms with Crippen LogP contribution in [0.25, 0.3) is 0 Å². The van der Waals surface area contributed by atoms with E-state index in [1.54, 1.807) is 0 Å². The smallest absolute Gasteiger partial charge is 0.306 e. The van der Waals surface area contributed by atoms with E-state index in [1.165, 1.54) is 89.9 Å². The molecule has 0 spiro atoms. The molecule has 9 nitrogen and oxygen atoms in total. The number of hydrogen-bond acceptors (Lipinski definition) is 7. The van der Waals surface area contributed by atoms with Gasteiger partial charge < -0.3 is 28.5 Å². The molecule has 0 rings (SSSR count). The summed E-state index contributed by atoms with van der Waals surface area (Å²) in [6, 6.07) is -0.913. The number of allylic oxidation sites excluding steroid dienone is 13. The first kappa shape index (κ1) is 68.2.